The van der Waals surface area contributed by atoms with Crippen LogP contribution in [0.15, 0.2) is 24.3 Å². The first kappa shape index (κ1) is 17.0. The molecule has 0 atom stereocenters. The first-order valence-corrected chi connectivity index (χ1v) is 8.36. The minimum absolute atomic E-state index is 0.117. The van der Waals surface area contributed by atoms with Crippen molar-refractivity contribution in [3.63, 3.8) is 0 Å². The molecule has 0 saturated heterocycles. The Morgan fingerprint density at radius 2 is 2.10 bits per heavy atom. The number of nitrogens with zero attached hydrogens (tertiary/aromatic N) is 2. The van der Waals surface area contributed by atoms with Crippen molar-refractivity contribution in [1.29, 1.82) is 5.26 Å². The van der Waals surface area contributed by atoms with Gasteiger partial charge < -0.3 is 5.32 Å². The van der Waals surface area contributed by atoms with Crippen LogP contribution >= 0.6 is 0 Å². The van der Waals surface area contributed by atoms with Gasteiger partial charge in [0.05, 0.1) is 30.1 Å². The molecule has 0 heterocycles. The summed E-state index contributed by atoms with van der Waals surface area (Å²) in [5.41, 5.74) is 0.794. The number of carbonyl (C=O) groups is 1. The summed E-state index contributed by atoms with van der Waals surface area (Å²) >= 11 is 0. The minimum Gasteiger partial charge on any atom is -0.354 e. The molecule has 1 rings (SSSR count). The van der Waals surface area contributed by atoms with Crippen molar-refractivity contribution in [3.8, 4) is 6.07 Å². The highest BCUT2D eigenvalue weighted by Gasteiger charge is 2.18. The highest BCUT2D eigenvalue weighted by atomic mass is 32.2. The third-order valence-corrected chi connectivity index (χ3v) is 4.00. The molecule has 1 aromatic rings. The number of amides is 1. The van der Waals surface area contributed by atoms with Crippen LogP contribution in [-0.4, -0.2) is 33.7 Å². The van der Waals surface area contributed by atoms with Gasteiger partial charge in [0.1, 0.15) is 0 Å². The highest BCUT2D eigenvalue weighted by Crippen LogP contribution is 2.18. The van der Waals surface area contributed by atoms with Crippen LogP contribution in [0.1, 0.15) is 19.4 Å². The van der Waals surface area contributed by atoms with Gasteiger partial charge in [-0.15, -0.1) is 0 Å². The molecular weight excluding hydrogens is 290 g/mol. The van der Waals surface area contributed by atoms with E-state index in [4.69, 9.17) is 5.26 Å². The van der Waals surface area contributed by atoms with E-state index in [1.807, 2.05) is 6.07 Å². The molecule has 0 aliphatic carbocycles. The predicted molar refractivity (Wildman–Crippen MR) is 81.2 cm³/mol. The summed E-state index contributed by atoms with van der Waals surface area (Å²) < 4.78 is 24.9. The zero-order valence-corrected chi connectivity index (χ0v) is 13.1. The van der Waals surface area contributed by atoms with Gasteiger partial charge in [-0.25, -0.2) is 8.42 Å². The normalized spacial score (nSPS) is 11.0. The monoisotopic (exact) mass is 309 g/mol. The van der Waals surface area contributed by atoms with E-state index in [9.17, 15) is 13.2 Å². The standard InChI is InChI=1S/C14H19N3O3S/c1-11(2)14(18)16-7-8-17(21(3,19)20)13-6-4-5-12(9-13)10-15/h4-6,9,11H,7-8H2,1-3H3,(H,16,18). The Morgan fingerprint density at radius 1 is 1.43 bits per heavy atom. The molecule has 1 N–H and O–H groups in total. The first-order valence-electron chi connectivity index (χ1n) is 6.51. The zero-order chi connectivity index (χ0) is 16.0. The van der Waals surface area contributed by atoms with Crippen LogP contribution in [-0.2, 0) is 14.8 Å². The van der Waals surface area contributed by atoms with Crippen molar-refractivity contribution in [2.24, 2.45) is 5.92 Å². The third-order valence-electron chi connectivity index (χ3n) is 2.80. The van der Waals surface area contributed by atoms with Crippen LogP contribution in [0.2, 0.25) is 0 Å². The van der Waals surface area contributed by atoms with Crippen molar-refractivity contribution in [3.05, 3.63) is 29.8 Å². The second-order valence-electron chi connectivity index (χ2n) is 4.94. The van der Waals surface area contributed by atoms with E-state index in [0.717, 1.165) is 6.26 Å². The number of benzene rings is 1. The zero-order valence-electron chi connectivity index (χ0n) is 12.3. The SMILES string of the molecule is CC(C)C(=O)NCCN(c1cccc(C#N)c1)S(C)(=O)=O. The van der Waals surface area contributed by atoms with Gasteiger partial charge in [0.25, 0.3) is 0 Å². The molecule has 0 saturated carbocycles. The largest absolute Gasteiger partial charge is 0.354 e. The van der Waals surface area contributed by atoms with Crippen molar-refractivity contribution in [2.45, 2.75) is 13.8 Å². The molecular formula is C14H19N3O3S. The molecule has 0 bridgehead atoms. The fraction of sp³-hybridized carbons (Fsp3) is 0.429. The van der Waals surface area contributed by atoms with Crippen molar-refractivity contribution in [1.82, 2.24) is 5.32 Å². The first-order chi connectivity index (χ1) is 9.75. The van der Waals surface area contributed by atoms with E-state index in [2.05, 4.69) is 5.32 Å². The summed E-state index contributed by atoms with van der Waals surface area (Å²) in [5.74, 6) is -0.284. The van der Waals surface area contributed by atoms with Gasteiger partial charge in [0.15, 0.2) is 0 Å². The predicted octanol–water partition coefficient (Wildman–Crippen LogP) is 1.10. The summed E-state index contributed by atoms with van der Waals surface area (Å²) in [6.45, 7) is 3.85. The van der Waals surface area contributed by atoms with E-state index in [-0.39, 0.29) is 24.9 Å². The molecule has 0 spiro atoms. The maximum Gasteiger partial charge on any atom is 0.232 e. The summed E-state index contributed by atoms with van der Waals surface area (Å²) in [5, 5.41) is 11.6. The van der Waals surface area contributed by atoms with E-state index in [1.165, 1.54) is 10.4 Å². The van der Waals surface area contributed by atoms with Gasteiger partial charge >= 0.3 is 0 Å². The molecule has 21 heavy (non-hydrogen) atoms. The van der Waals surface area contributed by atoms with Crippen molar-refractivity contribution >= 4 is 21.6 Å². The van der Waals surface area contributed by atoms with Gasteiger partial charge in [0.2, 0.25) is 15.9 Å². The molecule has 0 unspecified atom stereocenters. The van der Waals surface area contributed by atoms with Gasteiger partial charge in [0, 0.05) is 12.5 Å². The Labute approximate surface area is 125 Å². The quantitative estimate of drug-likeness (QED) is 0.852. The topological polar surface area (TPSA) is 90.3 Å². The molecule has 7 heteroatoms. The second-order valence-corrected chi connectivity index (χ2v) is 6.85. The van der Waals surface area contributed by atoms with E-state index >= 15 is 0 Å². The number of hydrogen-bond donors (Lipinski definition) is 1. The van der Waals surface area contributed by atoms with E-state index in [0.29, 0.717) is 11.3 Å². The Bertz CT molecular complexity index is 648. The molecule has 0 radical (unpaired) electrons. The van der Waals surface area contributed by atoms with Crippen LogP contribution < -0.4 is 9.62 Å². The summed E-state index contributed by atoms with van der Waals surface area (Å²) in [6.07, 6.45) is 1.09. The fourth-order valence-corrected chi connectivity index (χ4v) is 2.62. The lowest BCUT2D eigenvalue weighted by molar-refractivity contribution is -0.123. The van der Waals surface area contributed by atoms with Crippen LogP contribution in [0.5, 0.6) is 0 Å². The smallest absolute Gasteiger partial charge is 0.232 e. The molecule has 114 valence electrons. The van der Waals surface area contributed by atoms with Gasteiger partial charge in [-0.1, -0.05) is 19.9 Å². The van der Waals surface area contributed by atoms with Crippen LogP contribution in [0.3, 0.4) is 0 Å². The Kier molecular flexibility index (Phi) is 5.73. The highest BCUT2D eigenvalue weighted by molar-refractivity contribution is 7.92. The number of carbonyl (C=O) groups excluding carboxylic acids is 1. The summed E-state index contributed by atoms with van der Waals surface area (Å²) in [7, 11) is -3.49. The maximum absolute atomic E-state index is 11.9. The lowest BCUT2D eigenvalue weighted by atomic mass is 10.2. The number of nitriles is 1. The van der Waals surface area contributed by atoms with E-state index in [1.54, 1.807) is 32.0 Å². The lowest BCUT2D eigenvalue weighted by Gasteiger charge is -2.23. The summed E-state index contributed by atoms with van der Waals surface area (Å²) in [6, 6.07) is 8.32. The summed E-state index contributed by atoms with van der Waals surface area (Å²) in [4.78, 5) is 11.5. The van der Waals surface area contributed by atoms with Crippen LogP contribution in [0.4, 0.5) is 5.69 Å². The Balaban J connectivity index is 2.88. The Morgan fingerprint density at radius 3 is 2.62 bits per heavy atom. The van der Waals surface area contributed by atoms with E-state index < -0.39 is 10.0 Å². The van der Waals surface area contributed by atoms with Crippen LogP contribution in [0.25, 0.3) is 0 Å². The molecule has 6 nitrogen and oxygen atoms in total. The van der Waals surface area contributed by atoms with Crippen LogP contribution in [0, 0.1) is 17.2 Å². The maximum atomic E-state index is 11.9. The molecule has 0 aromatic heterocycles. The van der Waals surface area contributed by atoms with Crippen molar-refractivity contribution in [2.75, 3.05) is 23.7 Å². The Hall–Kier alpha value is -2.07. The minimum atomic E-state index is -3.49. The number of anilines is 1. The number of nitrogens with one attached hydrogen (secondary N) is 1. The molecule has 1 amide bonds. The number of rotatable bonds is 6. The average molecular weight is 309 g/mol. The fourth-order valence-electron chi connectivity index (χ4n) is 1.70. The van der Waals surface area contributed by atoms with Gasteiger partial charge in [-0.3, -0.25) is 9.10 Å². The molecule has 0 aliphatic heterocycles. The third kappa shape index (κ3) is 5.08. The van der Waals surface area contributed by atoms with Gasteiger partial charge in [-0.05, 0) is 18.2 Å². The molecule has 0 aliphatic rings. The molecule has 0 fully saturated rings. The average Bonchev–Trinajstić information content (AvgIpc) is 2.41. The molecule has 1 aromatic carbocycles. The lowest BCUT2D eigenvalue weighted by Crippen LogP contribution is -2.39. The van der Waals surface area contributed by atoms with Gasteiger partial charge in [-0.2, -0.15) is 5.26 Å². The number of hydrogen-bond acceptors (Lipinski definition) is 4. The van der Waals surface area contributed by atoms with Crippen molar-refractivity contribution < 1.29 is 13.2 Å². The number of sulfonamides is 1. The second kappa shape index (κ2) is 7.09.